The molecule has 0 saturated heterocycles. The van der Waals surface area contributed by atoms with E-state index >= 15 is 0 Å². The van der Waals surface area contributed by atoms with Gasteiger partial charge in [-0.1, -0.05) is 38.1 Å². The fraction of sp³-hybridized carbons (Fsp3) is 0.385. The van der Waals surface area contributed by atoms with Gasteiger partial charge in [-0.05, 0) is 56.2 Å². The number of amides is 1. The topological polar surface area (TPSA) is 63.0 Å². The van der Waals surface area contributed by atoms with Gasteiger partial charge in [0.1, 0.15) is 11.3 Å². The standard InChI is InChI=1S/C26H30N2O4/c1-16(2)17-7-9-18(10-8-17)23-22-24(29)20-12-11-19(31-5)15-21(20)32-25(22)26(30)28(23)14-6-13-27(3)4/h7-12,15-16,23H,6,13-14H2,1-5H3/t23-/m1/s1. The summed E-state index contributed by atoms with van der Waals surface area (Å²) in [5.41, 5.74) is 2.77. The largest absolute Gasteiger partial charge is 0.497 e. The minimum Gasteiger partial charge on any atom is -0.497 e. The van der Waals surface area contributed by atoms with E-state index in [4.69, 9.17) is 9.15 Å². The number of benzene rings is 2. The Morgan fingerprint density at radius 1 is 1.09 bits per heavy atom. The zero-order valence-corrected chi connectivity index (χ0v) is 19.3. The Hall–Kier alpha value is -3.12. The molecular formula is C26H30N2O4. The van der Waals surface area contributed by atoms with E-state index in [2.05, 4.69) is 30.9 Å². The van der Waals surface area contributed by atoms with Crippen molar-refractivity contribution < 1.29 is 13.9 Å². The molecule has 0 spiro atoms. The van der Waals surface area contributed by atoms with Gasteiger partial charge in [0.25, 0.3) is 5.91 Å². The lowest BCUT2D eigenvalue weighted by molar-refractivity contribution is 0.0722. The first-order valence-electron chi connectivity index (χ1n) is 11.0. The van der Waals surface area contributed by atoms with Crippen molar-refractivity contribution in [3.05, 3.63) is 75.1 Å². The molecule has 0 bridgehead atoms. The lowest BCUT2D eigenvalue weighted by atomic mass is 9.95. The van der Waals surface area contributed by atoms with Crippen LogP contribution in [0.4, 0.5) is 0 Å². The molecule has 32 heavy (non-hydrogen) atoms. The van der Waals surface area contributed by atoms with Gasteiger partial charge in [-0.15, -0.1) is 0 Å². The Bertz CT molecular complexity index is 1190. The van der Waals surface area contributed by atoms with Crippen LogP contribution in [0.25, 0.3) is 11.0 Å². The fourth-order valence-electron chi connectivity index (χ4n) is 4.32. The van der Waals surface area contributed by atoms with Crippen LogP contribution in [0.5, 0.6) is 5.75 Å². The molecule has 6 nitrogen and oxygen atoms in total. The van der Waals surface area contributed by atoms with Crippen LogP contribution in [-0.2, 0) is 0 Å². The second-order valence-corrected chi connectivity index (χ2v) is 8.92. The predicted molar refractivity (Wildman–Crippen MR) is 126 cm³/mol. The molecule has 0 fully saturated rings. The number of ether oxygens (including phenoxy) is 1. The molecule has 0 aliphatic carbocycles. The second-order valence-electron chi connectivity index (χ2n) is 8.92. The molecule has 2 heterocycles. The third-order valence-electron chi connectivity index (χ3n) is 6.10. The van der Waals surface area contributed by atoms with Crippen molar-refractivity contribution in [2.75, 3.05) is 34.3 Å². The lowest BCUT2D eigenvalue weighted by Gasteiger charge is -2.26. The minimum atomic E-state index is -0.455. The normalized spacial score (nSPS) is 15.8. The third-order valence-corrected chi connectivity index (χ3v) is 6.10. The van der Waals surface area contributed by atoms with Crippen LogP contribution < -0.4 is 10.2 Å². The maximum Gasteiger partial charge on any atom is 0.290 e. The Morgan fingerprint density at radius 3 is 2.44 bits per heavy atom. The number of carbonyl (C=O) groups is 1. The molecule has 1 aromatic heterocycles. The fourth-order valence-corrected chi connectivity index (χ4v) is 4.32. The highest BCUT2D eigenvalue weighted by Gasteiger charge is 2.42. The summed E-state index contributed by atoms with van der Waals surface area (Å²) in [5.74, 6) is 0.883. The van der Waals surface area contributed by atoms with Crippen LogP contribution in [-0.4, -0.2) is 50.0 Å². The summed E-state index contributed by atoms with van der Waals surface area (Å²) in [6, 6.07) is 12.9. The van der Waals surface area contributed by atoms with E-state index < -0.39 is 6.04 Å². The molecule has 3 aromatic rings. The van der Waals surface area contributed by atoms with E-state index in [1.165, 1.54) is 5.56 Å². The van der Waals surface area contributed by atoms with Gasteiger partial charge in [0.05, 0.1) is 24.1 Å². The molecular weight excluding hydrogens is 404 g/mol. The summed E-state index contributed by atoms with van der Waals surface area (Å²) < 4.78 is 11.3. The quantitative estimate of drug-likeness (QED) is 0.551. The molecule has 0 radical (unpaired) electrons. The zero-order valence-electron chi connectivity index (χ0n) is 19.3. The second kappa shape index (κ2) is 8.79. The summed E-state index contributed by atoms with van der Waals surface area (Å²) in [7, 11) is 5.57. The molecule has 0 N–H and O–H groups in total. The Labute approximate surface area is 188 Å². The maximum absolute atomic E-state index is 13.6. The van der Waals surface area contributed by atoms with Gasteiger partial charge in [0.2, 0.25) is 5.76 Å². The van der Waals surface area contributed by atoms with Crippen LogP contribution in [0.3, 0.4) is 0 Å². The molecule has 1 aliphatic heterocycles. The summed E-state index contributed by atoms with van der Waals surface area (Å²) >= 11 is 0. The lowest BCUT2D eigenvalue weighted by Crippen LogP contribution is -2.32. The number of hydrogen-bond acceptors (Lipinski definition) is 5. The predicted octanol–water partition coefficient (Wildman–Crippen LogP) is 4.42. The highest BCUT2D eigenvalue weighted by atomic mass is 16.5. The highest BCUT2D eigenvalue weighted by molar-refractivity contribution is 5.99. The van der Waals surface area contributed by atoms with Crippen molar-refractivity contribution in [3.8, 4) is 5.75 Å². The first-order chi connectivity index (χ1) is 15.3. The SMILES string of the molecule is COc1ccc2c(=O)c3c(oc2c1)C(=O)N(CCCN(C)C)[C@@H]3c1ccc(C(C)C)cc1. The highest BCUT2D eigenvalue weighted by Crippen LogP contribution is 2.39. The van der Waals surface area contributed by atoms with E-state index in [1.54, 1.807) is 30.2 Å². The average molecular weight is 435 g/mol. The Kier molecular flexibility index (Phi) is 6.07. The van der Waals surface area contributed by atoms with Crippen LogP contribution >= 0.6 is 0 Å². The molecule has 4 rings (SSSR count). The number of hydrogen-bond donors (Lipinski definition) is 0. The van der Waals surface area contributed by atoms with Gasteiger partial charge < -0.3 is 19.0 Å². The molecule has 0 unspecified atom stereocenters. The van der Waals surface area contributed by atoms with Crippen LogP contribution in [0.1, 0.15) is 59.5 Å². The molecule has 168 valence electrons. The van der Waals surface area contributed by atoms with Gasteiger partial charge in [0, 0.05) is 12.6 Å². The van der Waals surface area contributed by atoms with Crippen molar-refractivity contribution in [1.29, 1.82) is 0 Å². The Morgan fingerprint density at radius 2 is 1.81 bits per heavy atom. The Balaban J connectivity index is 1.85. The van der Waals surface area contributed by atoms with E-state index in [0.717, 1.165) is 18.5 Å². The van der Waals surface area contributed by atoms with Gasteiger partial charge in [0.15, 0.2) is 5.43 Å². The van der Waals surface area contributed by atoms with E-state index in [0.29, 0.717) is 34.7 Å². The molecule has 1 amide bonds. The molecule has 1 atom stereocenters. The number of methoxy groups -OCH3 is 1. The van der Waals surface area contributed by atoms with Crippen molar-refractivity contribution in [2.45, 2.75) is 32.2 Å². The number of rotatable bonds is 7. The summed E-state index contributed by atoms with van der Waals surface area (Å²) in [6.07, 6.45) is 0.800. The average Bonchev–Trinajstić information content (AvgIpc) is 3.05. The molecule has 2 aromatic carbocycles. The molecule has 0 saturated carbocycles. The third kappa shape index (κ3) is 3.91. The van der Waals surface area contributed by atoms with Gasteiger partial charge in [-0.3, -0.25) is 9.59 Å². The zero-order chi connectivity index (χ0) is 23.0. The molecule has 6 heteroatoms. The summed E-state index contributed by atoms with van der Waals surface area (Å²) in [4.78, 5) is 30.9. The van der Waals surface area contributed by atoms with Gasteiger partial charge in [-0.2, -0.15) is 0 Å². The summed E-state index contributed by atoms with van der Waals surface area (Å²) in [5, 5.41) is 0.455. The van der Waals surface area contributed by atoms with Crippen molar-refractivity contribution in [1.82, 2.24) is 9.80 Å². The van der Waals surface area contributed by atoms with Gasteiger partial charge >= 0.3 is 0 Å². The maximum atomic E-state index is 13.6. The first kappa shape index (κ1) is 22.1. The van der Waals surface area contributed by atoms with E-state index in [1.807, 2.05) is 26.2 Å². The first-order valence-corrected chi connectivity index (χ1v) is 11.0. The van der Waals surface area contributed by atoms with Crippen molar-refractivity contribution in [2.24, 2.45) is 0 Å². The number of fused-ring (bicyclic) bond motifs is 2. The van der Waals surface area contributed by atoms with Crippen LogP contribution in [0.2, 0.25) is 0 Å². The smallest absolute Gasteiger partial charge is 0.290 e. The van der Waals surface area contributed by atoms with Crippen molar-refractivity contribution >= 4 is 16.9 Å². The van der Waals surface area contributed by atoms with E-state index in [9.17, 15) is 9.59 Å². The number of carbonyl (C=O) groups excluding carboxylic acids is 1. The van der Waals surface area contributed by atoms with E-state index in [-0.39, 0.29) is 17.1 Å². The van der Waals surface area contributed by atoms with Crippen molar-refractivity contribution in [3.63, 3.8) is 0 Å². The van der Waals surface area contributed by atoms with Crippen LogP contribution in [0, 0.1) is 0 Å². The minimum absolute atomic E-state index is 0.138. The van der Waals surface area contributed by atoms with Crippen LogP contribution in [0.15, 0.2) is 51.7 Å². The monoisotopic (exact) mass is 434 g/mol. The number of nitrogens with zero attached hydrogens (tertiary/aromatic N) is 2. The van der Waals surface area contributed by atoms with Gasteiger partial charge in [-0.25, -0.2) is 0 Å². The summed E-state index contributed by atoms with van der Waals surface area (Å²) in [6.45, 7) is 5.68. The molecule has 1 aliphatic rings.